The van der Waals surface area contributed by atoms with Crippen LogP contribution in [0.2, 0.25) is 0 Å². The lowest BCUT2D eigenvalue weighted by atomic mass is 10.3. The van der Waals surface area contributed by atoms with Gasteiger partial charge in [0, 0.05) is 32.1 Å². The lowest BCUT2D eigenvalue weighted by molar-refractivity contribution is -0.120. The summed E-state index contributed by atoms with van der Waals surface area (Å²) in [5.41, 5.74) is 6.42. The van der Waals surface area contributed by atoms with Crippen molar-refractivity contribution in [2.75, 3.05) is 18.8 Å². The van der Waals surface area contributed by atoms with E-state index in [1.54, 1.807) is 6.33 Å². The maximum absolute atomic E-state index is 11.1. The molecule has 1 heterocycles. The summed E-state index contributed by atoms with van der Waals surface area (Å²) in [5, 5.41) is 2.81. The van der Waals surface area contributed by atoms with Gasteiger partial charge in [-0.3, -0.25) is 4.79 Å². The molecule has 6 heteroatoms. The van der Waals surface area contributed by atoms with E-state index in [2.05, 4.69) is 22.9 Å². The summed E-state index contributed by atoms with van der Waals surface area (Å²) >= 11 is 3.99. The van der Waals surface area contributed by atoms with Crippen LogP contribution in [-0.2, 0) is 17.8 Å². The Morgan fingerprint density at radius 3 is 3.12 bits per heavy atom. The molecular weight excluding hydrogens is 224 g/mol. The molecule has 0 fully saturated rings. The largest absolute Gasteiger partial charge is 0.354 e. The molecule has 0 aliphatic carbocycles. The van der Waals surface area contributed by atoms with Gasteiger partial charge < -0.3 is 15.6 Å². The zero-order valence-electron chi connectivity index (χ0n) is 9.22. The van der Waals surface area contributed by atoms with Crippen molar-refractivity contribution in [1.29, 1.82) is 0 Å². The highest BCUT2D eigenvalue weighted by molar-refractivity contribution is 7.80. The zero-order valence-corrected chi connectivity index (χ0v) is 10.1. The van der Waals surface area contributed by atoms with Crippen LogP contribution in [0.25, 0.3) is 0 Å². The minimum atomic E-state index is 0.0392. The Kier molecular flexibility index (Phi) is 5.95. The summed E-state index contributed by atoms with van der Waals surface area (Å²) in [7, 11) is 0. The fourth-order valence-electron chi connectivity index (χ4n) is 1.32. The average molecular weight is 242 g/mol. The van der Waals surface area contributed by atoms with E-state index in [9.17, 15) is 4.79 Å². The standard InChI is InChI=1S/C10H18N4OS/c11-3-1-9-7-14(8-13-9)5-4-12-10(15)2-6-16/h7-8,16H,1-6,11H2,(H,12,15). The van der Waals surface area contributed by atoms with Crippen molar-refractivity contribution in [1.82, 2.24) is 14.9 Å². The van der Waals surface area contributed by atoms with Gasteiger partial charge in [-0.15, -0.1) is 0 Å². The first-order valence-corrected chi connectivity index (χ1v) is 5.97. The van der Waals surface area contributed by atoms with E-state index in [0.29, 0.717) is 25.3 Å². The summed E-state index contributed by atoms with van der Waals surface area (Å²) < 4.78 is 1.95. The van der Waals surface area contributed by atoms with Gasteiger partial charge in [-0.05, 0) is 12.3 Å². The number of amides is 1. The summed E-state index contributed by atoms with van der Waals surface area (Å²) in [6, 6.07) is 0. The van der Waals surface area contributed by atoms with Gasteiger partial charge in [-0.1, -0.05) is 0 Å². The molecule has 1 aromatic heterocycles. The number of aromatic nitrogens is 2. The predicted octanol–water partition coefficient (Wildman–Crippen LogP) is -0.180. The molecular formula is C10H18N4OS. The third kappa shape index (κ3) is 4.67. The molecule has 1 amide bonds. The lowest BCUT2D eigenvalue weighted by Crippen LogP contribution is -2.26. The second kappa shape index (κ2) is 7.29. The number of carbonyl (C=O) groups is 1. The molecule has 0 aromatic carbocycles. The summed E-state index contributed by atoms with van der Waals surface area (Å²) in [5.74, 6) is 0.620. The number of nitrogens with two attached hydrogens (primary N) is 1. The number of rotatable bonds is 7. The molecule has 0 saturated carbocycles. The third-order valence-corrected chi connectivity index (χ3v) is 2.34. The van der Waals surface area contributed by atoms with Crippen LogP contribution in [0.5, 0.6) is 0 Å². The average Bonchev–Trinajstić information content (AvgIpc) is 2.67. The maximum Gasteiger partial charge on any atom is 0.220 e. The Balaban J connectivity index is 2.23. The van der Waals surface area contributed by atoms with E-state index in [0.717, 1.165) is 18.7 Å². The molecule has 0 atom stereocenters. The van der Waals surface area contributed by atoms with E-state index in [4.69, 9.17) is 5.73 Å². The molecule has 0 bridgehead atoms. The topological polar surface area (TPSA) is 72.9 Å². The first-order chi connectivity index (χ1) is 7.76. The van der Waals surface area contributed by atoms with E-state index in [1.165, 1.54) is 0 Å². The van der Waals surface area contributed by atoms with Crippen LogP contribution in [0.15, 0.2) is 12.5 Å². The van der Waals surface area contributed by atoms with Gasteiger partial charge in [-0.25, -0.2) is 4.98 Å². The number of nitrogens with one attached hydrogen (secondary N) is 1. The molecule has 0 aliphatic rings. The van der Waals surface area contributed by atoms with Crippen LogP contribution in [0.4, 0.5) is 0 Å². The van der Waals surface area contributed by atoms with Crippen LogP contribution < -0.4 is 11.1 Å². The highest BCUT2D eigenvalue weighted by Gasteiger charge is 2.00. The Morgan fingerprint density at radius 1 is 1.62 bits per heavy atom. The fraction of sp³-hybridized carbons (Fsp3) is 0.600. The van der Waals surface area contributed by atoms with Gasteiger partial charge in [0.25, 0.3) is 0 Å². The van der Waals surface area contributed by atoms with Gasteiger partial charge in [0.15, 0.2) is 0 Å². The molecule has 0 unspecified atom stereocenters. The van der Waals surface area contributed by atoms with Crippen molar-refractivity contribution in [3.63, 3.8) is 0 Å². The van der Waals surface area contributed by atoms with Crippen LogP contribution in [0, 0.1) is 0 Å². The van der Waals surface area contributed by atoms with Crippen LogP contribution in [-0.4, -0.2) is 34.3 Å². The second-order valence-electron chi connectivity index (χ2n) is 3.47. The molecule has 1 aromatic rings. The number of imidazole rings is 1. The fourth-order valence-corrected chi connectivity index (χ4v) is 1.52. The van der Waals surface area contributed by atoms with Crippen molar-refractivity contribution in [3.05, 3.63) is 18.2 Å². The third-order valence-electron chi connectivity index (χ3n) is 2.12. The Morgan fingerprint density at radius 2 is 2.44 bits per heavy atom. The van der Waals surface area contributed by atoms with Crippen LogP contribution in [0.3, 0.4) is 0 Å². The predicted molar refractivity (Wildman–Crippen MR) is 66.5 cm³/mol. The number of carbonyl (C=O) groups excluding carboxylic acids is 1. The summed E-state index contributed by atoms with van der Waals surface area (Å²) in [4.78, 5) is 15.3. The minimum Gasteiger partial charge on any atom is -0.354 e. The maximum atomic E-state index is 11.1. The van der Waals surface area contributed by atoms with Crippen LogP contribution >= 0.6 is 12.6 Å². The number of hydrogen-bond donors (Lipinski definition) is 3. The lowest BCUT2D eigenvalue weighted by Gasteiger charge is -2.04. The van der Waals surface area contributed by atoms with Gasteiger partial charge in [0.1, 0.15) is 0 Å². The van der Waals surface area contributed by atoms with Gasteiger partial charge in [-0.2, -0.15) is 12.6 Å². The summed E-state index contributed by atoms with van der Waals surface area (Å²) in [6.07, 6.45) is 4.97. The Hall–Kier alpha value is -1.01. The number of thiol groups is 1. The van der Waals surface area contributed by atoms with Crippen molar-refractivity contribution in [2.45, 2.75) is 19.4 Å². The molecule has 0 aliphatic heterocycles. The minimum absolute atomic E-state index is 0.0392. The number of nitrogens with zero attached hydrogens (tertiary/aromatic N) is 2. The van der Waals surface area contributed by atoms with Crippen molar-refractivity contribution in [2.24, 2.45) is 5.73 Å². The monoisotopic (exact) mass is 242 g/mol. The van der Waals surface area contributed by atoms with E-state index in [-0.39, 0.29) is 5.91 Å². The van der Waals surface area contributed by atoms with Crippen molar-refractivity contribution < 1.29 is 4.79 Å². The second-order valence-corrected chi connectivity index (χ2v) is 3.91. The van der Waals surface area contributed by atoms with Crippen molar-refractivity contribution >= 4 is 18.5 Å². The molecule has 0 saturated heterocycles. The molecule has 16 heavy (non-hydrogen) atoms. The number of hydrogen-bond acceptors (Lipinski definition) is 4. The highest BCUT2D eigenvalue weighted by Crippen LogP contribution is 1.95. The highest BCUT2D eigenvalue weighted by atomic mass is 32.1. The van der Waals surface area contributed by atoms with E-state index in [1.807, 2.05) is 10.8 Å². The molecule has 0 radical (unpaired) electrons. The van der Waals surface area contributed by atoms with Gasteiger partial charge >= 0.3 is 0 Å². The summed E-state index contributed by atoms with van der Waals surface area (Å²) in [6.45, 7) is 1.95. The Labute approximate surface area is 101 Å². The van der Waals surface area contributed by atoms with E-state index < -0.39 is 0 Å². The van der Waals surface area contributed by atoms with E-state index >= 15 is 0 Å². The van der Waals surface area contributed by atoms with Crippen LogP contribution in [0.1, 0.15) is 12.1 Å². The smallest absolute Gasteiger partial charge is 0.220 e. The quantitative estimate of drug-likeness (QED) is 0.581. The molecule has 5 nitrogen and oxygen atoms in total. The molecule has 1 rings (SSSR count). The SMILES string of the molecule is NCCc1cn(CCNC(=O)CCS)cn1. The zero-order chi connectivity index (χ0) is 11.8. The Bertz CT molecular complexity index is 326. The first-order valence-electron chi connectivity index (χ1n) is 5.34. The van der Waals surface area contributed by atoms with Gasteiger partial charge in [0.05, 0.1) is 12.0 Å². The molecule has 3 N–H and O–H groups in total. The van der Waals surface area contributed by atoms with Gasteiger partial charge in [0.2, 0.25) is 5.91 Å². The molecule has 0 spiro atoms. The van der Waals surface area contributed by atoms with Crippen molar-refractivity contribution in [3.8, 4) is 0 Å². The first kappa shape index (κ1) is 13.1. The molecule has 90 valence electrons. The normalized spacial score (nSPS) is 10.4.